The van der Waals surface area contributed by atoms with Crippen molar-refractivity contribution in [1.82, 2.24) is 4.67 Å². The van der Waals surface area contributed by atoms with Crippen molar-refractivity contribution in [2.45, 2.75) is 33.8 Å². The van der Waals surface area contributed by atoms with Gasteiger partial charge in [0.25, 0.3) is 0 Å². The Morgan fingerprint density at radius 2 is 1.92 bits per heavy atom. The first-order chi connectivity index (χ1) is 6.00. The fraction of sp³-hybridized carbons (Fsp3) is 0.875. The van der Waals surface area contributed by atoms with Crippen LogP contribution in [0.4, 0.5) is 0 Å². The van der Waals surface area contributed by atoms with Crippen molar-refractivity contribution >= 4 is 7.52 Å². The van der Waals surface area contributed by atoms with Gasteiger partial charge in [-0.2, -0.15) is 5.26 Å². The monoisotopic (exact) mass is 204 g/mol. The standard InChI is InChI=1S/C8H17N2O2P/c1-5-10(6-2)13(11,7-9)12-8(3)4/h8H,5-6H2,1-4H3. The molecule has 0 aromatic rings. The SMILES string of the molecule is CCN(CC)P(=O)(C#N)OC(C)C. The van der Waals surface area contributed by atoms with E-state index in [1.54, 1.807) is 24.3 Å². The minimum atomic E-state index is -3.23. The molecule has 0 heterocycles. The van der Waals surface area contributed by atoms with E-state index in [9.17, 15) is 4.57 Å². The van der Waals surface area contributed by atoms with Crippen LogP contribution < -0.4 is 0 Å². The molecule has 4 nitrogen and oxygen atoms in total. The van der Waals surface area contributed by atoms with Gasteiger partial charge in [0.1, 0.15) is 0 Å². The Labute approximate surface area is 80.0 Å². The van der Waals surface area contributed by atoms with Crippen molar-refractivity contribution in [2.24, 2.45) is 0 Å². The van der Waals surface area contributed by atoms with Crippen LogP contribution in [0.1, 0.15) is 27.7 Å². The molecule has 0 amide bonds. The summed E-state index contributed by atoms with van der Waals surface area (Å²) in [6, 6.07) is 0. The second kappa shape index (κ2) is 5.39. The maximum absolute atomic E-state index is 11.9. The lowest BCUT2D eigenvalue weighted by atomic mass is 10.5. The molecule has 0 aliphatic heterocycles. The van der Waals surface area contributed by atoms with Gasteiger partial charge in [-0.1, -0.05) is 13.8 Å². The highest BCUT2D eigenvalue weighted by Crippen LogP contribution is 2.50. The van der Waals surface area contributed by atoms with E-state index in [1.807, 2.05) is 13.8 Å². The molecule has 0 rings (SSSR count). The van der Waals surface area contributed by atoms with Crippen LogP contribution in [0.25, 0.3) is 0 Å². The minimum absolute atomic E-state index is 0.189. The highest BCUT2D eigenvalue weighted by Gasteiger charge is 2.30. The molecular formula is C8H17N2O2P. The van der Waals surface area contributed by atoms with Crippen LogP contribution in [0.15, 0.2) is 0 Å². The van der Waals surface area contributed by atoms with Gasteiger partial charge in [0.15, 0.2) is 5.81 Å². The summed E-state index contributed by atoms with van der Waals surface area (Å²) >= 11 is 0. The molecule has 0 aliphatic carbocycles. The Morgan fingerprint density at radius 1 is 1.46 bits per heavy atom. The Hall–Kier alpha value is -0.360. The van der Waals surface area contributed by atoms with Crippen molar-refractivity contribution in [3.63, 3.8) is 0 Å². The summed E-state index contributed by atoms with van der Waals surface area (Å²) in [5, 5.41) is 8.79. The van der Waals surface area contributed by atoms with Crippen LogP contribution in [0.3, 0.4) is 0 Å². The molecule has 0 saturated heterocycles. The lowest BCUT2D eigenvalue weighted by molar-refractivity contribution is 0.218. The summed E-state index contributed by atoms with van der Waals surface area (Å²) < 4.78 is 18.6. The van der Waals surface area contributed by atoms with E-state index in [4.69, 9.17) is 9.79 Å². The van der Waals surface area contributed by atoms with Gasteiger partial charge in [0, 0.05) is 13.1 Å². The second-order valence-corrected chi connectivity index (χ2v) is 4.93. The zero-order valence-corrected chi connectivity index (χ0v) is 9.54. The topological polar surface area (TPSA) is 53.3 Å². The molecule has 0 saturated carbocycles. The summed E-state index contributed by atoms with van der Waals surface area (Å²) in [7, 11) is -3.23. The molecule has 0 fully saturated rings. The molecule has 0 aromatic carbocycles. The highest BCUT2D eigenvalue weighted by atomic mass is 31.2. The van der Waals surface area contributed by atoms with Crippen LogP contribution in [-0.2, 0) is 9.09 Å². The van der Waals surface area contributed by atoms with Crippen molar-refractivity contribution in [1.29, 1.82) is 5.26 Å². The molecule has 0 N–H and O–H groups in total. The maximum atomic E-state index is 11.9. The van der Waals surface area contributed by atoms with E-state index in [2.05, 4.69) is 0 Å². The summed E-state index contributed by atoms with van der Waals surface area (Å²) in [5.74, 6) is 1.77. The van der Waals surface area contributed by atoms with E-state index >= 15 is 0 Å². The number of rotatable bonds is 5. The Bertz CT molecular complexity index is 231. The minimum Gasteiger partial charge on any atom is -0.304 e. The average Bonchev–Trinajstić information content (AvgIpc) is 2.05. The van der Waals surface area contributed by atoms with Crippen LogP contribution in [0.5, 0.6) is 0 Å². The van der Waals surface area contributed by atoms with Gasteiger partial charge in [-0.3, -0.25) is 4.57 Å². The first-order valence-electron chi connectivity index (χ1n) is 4.45. The number of hydrogen-bond donors (Lipinski definition) is 0. The molecule has 13 heavy (non-hydrogen) atoms. The Balaban J connectivity index is 4.63. The molecule has 0 aliphatic rings. The predicted octanol–water partition coefficient (Wildman–Crippen LogP) is 2.43. The lowest BCUT2D eigenvalue weighted by Crippen LogP contribution is -2.21. The first kappa shape index (κ1) is 12.6. The molecule has 1 unspecified atom stereocenters. The largest absolute Gasteiger partial charge is 0.371 e. The summed E-state index contributed by atoms with van der Waals surface area (Å²) in [5.41, 5.74) is 0. The van der Waals surface area contributed by atoms with Gasteiger partial charge < -0.3 is 4.52 Å². The Kier molecular flexibility index (Phi) is 5.24. The zero-order valence-electron chi connectivity index (χ0n) is 8.65. The van der Waals surface area contributed by atoms with Gasteiger partial charge in [-0.05, 0) is 13.8 Å². The number of nitrogens with zero attached hydrogens (tertiary/aromatic N) is 2. The van der Waals surface area contributed by atoms with Gasteiger partial charge in [0.05, 0.1) is 6.10 Å². The van der Waals surface area contributed by atoms with E-state index in [0.717, 1.165) is 0 Å². The third-order valence-corrected chi connectivity index (χ3v) is 3.85. The third-order valence-electron chi connectivity index (χ3n) is 1.58. The van der Waals surface area contributed by atoms with Gasteiger partial charge in [-0.15, -0.1) is 0 Å². The maximum Gasteiger partial charge on any atom is 0.371 e. The van der Waals surface area contributed by atoms with Crippen molar-refractivity contribution in [3.8, 4) is 5.81 Å². The molecular weight excluding hydrogens is 187 g/mol. The van der Waals surface area contributed by atoms with Crippen LogP contribution in [0.2, 0.25) is 0 Å². The number of nitriles is 1. The number of hydrogen-bond acceptors (Lipinski definition) is 3. The zero-order chi connectivity index (χ0) is 10.5. The van der Waals surface area contributed by atoms with Gasteiger partial charge in [0.2, 0.25) is 0 Å². The second-order valence-electron chi connectivity index (χ2n) is 2.91. The quantitative estimate of drug-likeness (QED) is 0.645. The molecule has 5 heteroatoms. The van der Waals surface area contributed by atoms with E-state index in [0.29, 0.717) is 13.1 Å². The summed E-state index contributed by atoms with van der Waals surface area (Å²) in [4.78, 5) is 0. The average molecular weight is 204 g/mol. The molecule has 1 atom stereocenters. The van der Waals surface area contributed by atoms with Crippen LogP contribution in [-0.4, -0.2) is 23.9 Å². The molecule has 0 bridgehead atoms. The predicted molar refractivity (Wildman–Crippen MR) is 52.4 cm³/mol. The summed E-state index contributed by atoms with van der Waals surface area (Å²) in [6.07, 6.45) is -0.189. The molecule has 0 radical (unpaired) electrons. The first-order valence-corrected chi connectivity index (χ1v) is 6.03. The fourth-order valence-corrected chi connectivity index (χ4v) is 2.66. The highest BCUT2D eigenvalue weighted by molar-refractivity contribution is 7.61. The molecule has 0 spiro atoms. The smallest absolute Gasteiger partial charge is 0.304 e. The third kappa shape index (κ3) is 3.48. The van der Waals surface area contributed by atoms with E-state index in [1.165, 1.54) is 0 Å². The van der Waals surface area contributed by atoms with Gasteiger partial charge in [-0.25, -0.2) is 4.67 Å². The fourth-order valence-electron chi connectivity index (χ4n) is 1.04. The van der Waals surface area contributed by atoms with E-state index in [-0.39, 0.29) is 6.10 Å². The summed E-state index contributed by atoms with van der Waals surface area (Å²) in [6.45, 7) is 8.39. The van der Waals surface area contributed by atoms with E-state index < -0.39 is 7.52 Å². The molecule has 0 aromatic heterocycles. The van der Waals surface area contributed by atoms with Crippen LogP contribution >= 0.6 is 7.52 Å². The van der Waals surface area contributed by atoms with Crippen molar-refractivity contribution in [2.75, 3.05) is 13.1 Å². The van der Waals surface area contributed by atoms with Crippen molar-refractivity contribution < 1.29 is 9.09 Å². The van der Waals surface area contributed by atoms with Crippen molar-refractivity contribution in [3.05, 3.63) is 0 Å². The van der Waals surface area contributed by atoms with Crippen LogP contribution in [0, 0.1) is 11.1 Å². The molecule has 76 valence electrons. The van der Waals surface area contributed by atoms with Gasteiger partial charge >= 0.3 is 7.52 Å². The normalized spacial score (nSPS) is 15.8. The Morgan fingerprint density at radius 3 is 2.15 bits per heavy atom. The lowest BCUT2D eigenvalue weighted by Gasteiger charge is -2.24.